The van der Waals surface area contributed by atoms with Gasteiger partial charge >= 0.3 is 6.03 Å². The van der Waals surface area contributed by atoms with Crippen LogP contribution in [0.1, 0.15) is 27.0 Å². The van der Waals surface area contributed by atoms with E-state index in [1.54, 1.807) is 4.90 Å². The van der Waals surface area contributed by atoms with Crippen molar-refractivity contribution in [2.45, 2.75) is 20.8 Å². The number of aryl methyl sites for hydroxylation is 2. The number of amides is 2. The van der Waals surface area contributed by atoms with Gasteiger partial charge in [-0.05, 0) is 31.9 Å². The zero-order chi connectivity index (χ0) is 14.7. The highest BCUT2D eigenvalue weighted by atomic mass is 16.5. The Kier molecular flexibility index (Phi) is 4.27. The second kappa shape index (κ2) is 5.94. The molecule has 0 aromatic heterocycles. The summed E-state index contributed by atoms with van der Waals surface area (Å²) in [7, 11) is 0. The number of aldehydes is 1. The summed E-state index contributed by atoms with van der Waals surface area (Å²) in [4.78, 5) is 24.3. The SMILES string of the molecule is Cc1cc(C)c(OCCN2CCNC2=O)c(C)c1C=O. The van der Waals surface area contributed by atoms with Gasteiger partial charge in [0.15, 0.2) is 6.29 Å². The molecule has 5 nitrogen and oxygen atoms in total. The number of ether oxygens (including phenoxy) is 1. The second-order valence-electron chi connectivity index (χ2n) is 5.06. The molecule has 0 aliphatic carbocycles. The number of rotatable bonds is 5. The van der Waals surface area contributed by atoms with E-state index in [0.717, 1.165) is 28.7 Å². The third-order valence-electron chi connectivity index (χ3n) is 3.63. The van der Waals surface area contributed by atoms with E-state index in [9.17, 15) is 9.59 Å². The fraction of sp³-hybridized carbons (Fsp3) is 0.467. The Hall–Kier alpha value is -2.04. The van der Waals surface area contributed by atoms with Gasteiger partial charge in [-0.15, -0.1) is 0 Å². The lowest BCUT2D eigenvalue weighted by atomic mass is 9.99. The number of hydrogen-bond donors (Lipinski definition) is 1. The summed E-state index contributed by atoms with van der Waals surface area (Å²) >= 11 is 0. The lowest BCUT2D eigenvalue weighted by Gasteiger charge is -2.18. The third kappa shape index (κ3) is 2.76. The highest BCUT2D eigenvalue weighted by Crippen LogP contribution is 2.28. The number of urea groups is 1. The predicted molar refractivity (Wildman–Crippen MR) is 76.5 cm³/mol. The smallest absolute Gasteiger partial charge is 0.317 e. The van der Waals surface area contributed by atoms with Crippen molar-refractivity contribution in [3.63, 3.8) is 0 Å². The van der Waals surface area contributed by atoms with Gasteiger partial charge < -0.3 is 15.0 Å². The molecule has 1 aromatic carbocycles. The van der Waals surface area contributed by atoms with Crippen LogP contribution in [-0.2, 0) is 0 Å². The van der Waals surface area contributed by atoms with Crippen LogP contribution in [0.5, 0.6) is 5.75 Å². The topological polar surface area (TPSA) is 58.6 Å². The van der Waals surface area contributed by atoms with Crippen molar-refractivity contribution in [2.24, 2.45) is 0 Å². The minimum atomic E-state index is -0.0421. The van der Waals surface area contributed by atoms with Gasteiger partial charge in [0.1, 0.15) is 12.4 Å². The lowest BCUT2D eigenvalue weighted by molar-refractivity contribution is 0.112. The average molecular weight is 276 g/mol. The van der Waals surface area contributed by atoms with Crippen molar-refractivity contribution in [1.29, 1.82) is 0 Å². The molecule has 0 saturated carbocycles. The molecule has 2 amide bonds. The molecule has 0 unspecified atom stereocenters. The summed E-state index contributed by atoms with van der Waals surface area (Å²) in [5.41, 5.74) is 3.52. The van der Waals surface area contributed by atoms with E-state index in [1.807, 2.05) is 26.8 Å². The summed E-state index contributed by atoms with van der Waals surface area (Å²) in [6.07, 6.45) is 0.866. The summed E-state index contributed by atoms with van der Waals surface area (Å²) in [6.45, 7) is 8.16. The largest absolute Gasteiger partial charge is 0.491 e. The maximum Gasteiger partial charge on any atom is 0.317 e. The molecule has 1 aromatic rings. The van der Waals surface area contributed by atoms with Crippen LogP contribution in [0.4, 0.5) is 4.79 Å². The molecular weight excluding hydrogens is 256 g/mol. The average Bonchev–Trinajstić information content (AvgIpc) is 2.79. The van der Waals surface area contributed by atoms with E-state index in [2.05, 4.69) is 5.32 Å². The number of benzene rings is 1. The molecule has 0 bridgehead atoms. The number of hydrogen-bond acceptors (Lipinski definition) is 3. The van der Waals surface area contributed by atoms with Gasteiger partial charge in [-0.25, -0.2) is 4.79 Å². The van der Waals surface area contributed by atoms with Crippen LogP contribution in [-0.4, -0.2) is 43.5 Å². The normalized spacial score (nSPS) is 14.3. The van der Waals surface area contributed by atoms with E-state index in [4.69, 9.17) is 4.74 Å². The Morgan fingerprint density at radius 3 is 2.70 bits per heavy atom. The minimum Gasteiger partial charge on any atom is -0.491 e. The molecule has 5 heteroatoms. The van der Waals surface area contributed by atoms with Crippen LogP contribution in [0.2, 0.25) is 0 Å². The van der Waals surface area contributed by atoms with Gasteiger partial charge in [-0.1, -0.05) is 6.07 Å². The van der Waals surface area contributed by atoms with Gasteiger partial charge in [0, 0.05) is 24.2 Å². The van der Waals surface area contributed by atoms with Crippen molar-refractivity contribution in [2.75, 3.05) is 26.2 Å². The number of nitrogens with one attached hydrogen (secondary N) is 1. The van der Waals surface area contributed by atoms with Crippen molar-refractivity contribution < 1.29 is 14.3 Å². The van der Waals surface area contributed by atoms with Crippen LogP contribution in [0, 0.1) is 20.8 Å². The number of carbonyl (C=O) groups excluding carboxylic acids is 2. The molecule has 0 radical (unpaired) electrons. The minimum absolute atomic E-state index is 0.0421. The molecule has 0 spiro atoms. The van der Waals surface area contributed by atoms with Gasteiger partial charge in [0.2, 0.25) is 0 Å². The van der Waals surface area contributed by atoms with Gasteiger partial charge in [0.25, 0.3) is 0 Å². The van der Waals surface area contributed by atoms with Crippen LogP contribution in [0.15, 0.2) is 6.07 Å². The van der Waals surface area contributed by atoms with E-state index in [1.165, 1.54) is 0 Å². The maximum absolute atomic E-state index is 11.4. The molecule has 108 valence electrons. The van der Waals surface area contributed by atoms with Crippen LogP contribution in [0.25, 0.3) is 0 Å². The van der Waals surface area contributed by atoms with Crippen molar-refractivity contribution in [1.82, 2.24) is 10.2 Å². The van der Waals surface area contributed by atoms with Gasteiger partial charge in [-0.3, -0.25) is 4.79 Å². The number of nitrogens with zero attached hydrogens (tertiary/aromatic N) is 1. The Labute approximate surface area is 118 Å². The molecule has 0 atom stereocenters. The van der Waals surface area contributed by atoms with E-state index < -0.39 is 0 Å². The molecule has 1 aliphatic heterocycles. The summed E-state index contributed by atoms with van der Waals surface area (Å²) < 4.78 is 5.79. The maximum atomic E-state index is 11.4. The molecular formula is C15H20N2O3. The first-order valence-corrected chi connectivity index (χ1v) is 6.76. The molecule has 1 saturated heterocycles. The first kappa shape index (κ1) is 14.4. The third-order valence-corrected chi connectivity index (χ3v) is 3.63. The first-order valence-electron chi connectivity index (χ1n) is 6.76. The molecule has 1 aliphatic rings. The lowest BCUT2D eigenvalue weighted by Crippen LogP contribution is -2.32. The highest BCUT2D eigenvalue weighted by Gasteiger charge is 2.19. The quantitative estimate of drug-likeness (QED) is 0.835. The highest BCUT2D eigenvalue weighted by molar-refractivity contribution is 5.81. The molecule has 1 fully saturated rings. The van der Waals surface area contributed by atoms with Gasteiger partial charge in [0.05, 0.1) is 6.54 Å². The van der Waals surface area contributed by atoms with E-state index in [0.29, 0.717) is 31.8 Å². The van der Waals surface area contributed by atoms with Crippen LogP contribution < -0.4 is 10.1 Å². The van der Waals surface area contributed by atoms with E-state index >= 15 is 0 Å². The summed E-state index contributed by atoms with van der Waals surface area (Å²) in [5.74, 6) is 0.748. The predicted octanol–water partition coefficient (Wildman–Crippen LogP) is 1.83. The van der Waals surface area contributed by atoms with Crippen molar-refractivity contribution in [3.8, 4) is 5.75 Å². The Bertz CT molecular complexity index is 540. The zero-order valence-electron chi connectivity index (χ0n) is 12.2. The number of carbonyl (C=O) groups is 2. The monoisotopic (exact) mass is 276 g/mol. The van der Waals surface area contributed by atoms with Crippen molar-refractivity contribution >= 4 is 12.3 Å². The fourth-order valence-electron chi connectivity index (χ4n) is 2.57. The second-order valence-corrected chi connectivity index (χ2v) is 5.06. The van der Waals surface area contributed by atoms with Gasteiger partial charge in [-0.2, -0.15) is 0 Å². The van der Waals surface area contributed by atoms with Crippen LogP contribution in [0.3, 0.4) is 0 Å². The molecule has 2 rings (SSSR count). The Morgan fingerprint density at radius 2 is 2.10 bits per heavy atom. The Morgan fingerprint density at radius 1 is 1.35 bits per heavy atom. The summed E-state index contributed by atoms with van der Waals surface area (Å²) in [6, 6.07) is 1.91. The Balaban J connectivity index is 2.06. The molecule has 1 heterocycles. The molecule has 1 N–H and O–H groups in total. The fourth-order valence-corrected chi connectivity index (χ4v) is 2.57. The summed E-state index contributed by atoms with van der Waals surface area (Å²) in [5, 5.41) is 2.75. The molecule has 20 heavy (non-hydrogen) atoms. The first-order chi connectivity index (χ1) is 9.54. The van der Waals surface area contributed by atoms with E-state index in [-0.39, 0.29) is 6.03 Å². The standard InChI is InChI=1S/C15H20N2O3/c1-10-8-11(2)14(12(3)13(10)9-18)20-7-6-17-5-4-16-15(17)19/h8-9H,4-7H2,1-3H3,(H,16,19). The zero-order valence-corrected chi connectivity index (χ0v) is 12.2. The van der Waals surface area contributed by atoms with Crippen molar-refractivity contribution in [3.05, 3.63) is 28.3 Å². The van der Waals surface area contributed by atoms with Crippen LogP contribution >= 0.6 is 0 Å².